The molecule has 20 heavy (non-hydrogen) atoms. The zero-order valence-electron chi connectivity index (χ0n) is 9.76. The van der Waals surface area contributed by atoms with Gasteiger partial charge < -0.3 is 5.73 Å². The van der Waals surface area contributed by atoms with E-state index in [-0.39, 0.29) is 20.5 Å². The summed E-state index contributed by atoms with van der Waals surface area (Å²) in [6.07, 6.45) is 0. The molecule has 0 spiro atoms. The highest BCUT2D eigenvalue weighted by Gasteiger charge is 2.20. The number of nitrogens with one attached hydrogen (secondary N) is 1. The SMILES string of the molecule is NC(=O)c1ccc(Cl)c(NS(=O)(=O)c2sccc2Br)c1. The van der Waals surface area contributed by atoms with E-state index < -0.39 is 15.9 Å². The Morgan fingerprint density at radius 2 is 2.05 bits per heavy atom. The monoisotopic (exact) mass is 394 g/mol. The number of thiophene rings is 1. The first-order chi connectivity index (χ1) is 9.31. The fourth-order valence-electron chi connectivity index (χ4n) is 1.42. The van der Waals surface area contributed by atoms with Crippen LogP contribution in [0.2, 0.25) is 5.02 Å². The van der Waals surface area contributed by atoms with E-state index in [9.17, 15) is 13.2 Å². The lowest BCUT2D eigenvalue weighted by Crippen LogP contribution is -2.15. The van der Waals surface area contributed by atoms with Crippen molar-refractivity contribution in [1.82, 2.24) is 0 Å². The van der Waals surface area contributed by atoms with E-state index >= 15 is 0 Å². The van der Waals surface area contributed by atoms with Crippen molar-refractivity contribution in [3.63, 3.8) is 0 Å². The molecule has 0 saturated carbocycles. The van der Waals surface area contributed by atoms with Gasteiger partial charge in [-0.05, 0) is 45.6 Å². The number of halogens is 2. The first-order valence-corrected chi connectivity index (χ1v) is 8.70. The van der Waals surface area contributed by atoms with Gasteiger partial charge in [0.1, 0.15) is 0 Å². The molecule has 3 N–H and O–H groups in total. The van der Waals surface area contributed by atoms with Crippen molar-refractivity contribution in [3.05, 3.63) is 44.7 Å². The summed E-state index contributed by atoms with van der Waals surface area (Å²) in [6, 6.07) is 5.75. The van der Waals surface area contributed by atoms with Crippen LogP contribution in [0.1, 0.15) is 10.4 Å². The van der Waals surface area contributed by atoms with Gasteiger partial charge in [0.05, 0.1) is 10.7 Å². The van der Waals surface area contributed by atoms with Crippen molar-refractivity contribution < 1.29 is 13.2 Å². The van der Waals surface area contributed by atoms with Gasteiger partial charge in [-0.2, -0.15) is 0 Å². The Balaban J connectivity index is 2.42. The third-order valence-corrected chi connectivity index (χ3v) is 6.69. The van der Waals surface area contributed by atoms with Crippen molar-refractivity contribution in [2.45, 2.75) is 4.21 Å². The quantitative estimate of drug-likeness (QED) is 0.833. The van der Waals surface area contributed by atoms with E-state index in [1.54, 1.807) is 11.4 Å². The largest absolute Gasteiger partial charge is 0.366 e. The molecule has 0 aliphatic rings. The average molecular weight is 396 g/mol. The minimum atomic E-state index is -3.78. The van der Waals surface area contributed by atoms with Crippen LogP contribution in [-0.2, 0) is 10.0 Å². The molecular formula is C11H8BrClN2O3S2. The summed E-state index contributed by atoms with van der Waals surface area (Å²) in [5.41, 5.74) is 5.41. The molecule has 2 aromatic rings. The number of amides is 1. The number of hydrogen-bond donors (Lipinski definition) is 2. The van der Waals surface area contributed by atoms with Crippen LogP contribution >= 0.6 is 38.9 Å². The zero-order chi connectivity index (χ0) is 14.9. The molecule has 1 aromatic carbocycles. The van der Waals surface area contributed by atoms with E-state index in [4.69, 9.17) is 17.3 Å². The molecule has 0 aliphatic heterocycles. The van der Waals surface area contributed by atoms with E-state index in [0.29, 0.717) is 4.47 Å². The molecule has 0 radical (unpaired) electrons. The molecule has 106 valence electrons. The number of anilines is 1. The van der Waals surface area contributed by atoms with Crippen molar-refractivity contribution in [2.24, 2.45) is 5.73 Å². The fourth-order valence-corrected chi connectivity index (χ4v) is 5.05. The van der Waals surface area contributed by atoms with Crippen LogP contribution in [-0.4, -0.2) is 14.3 Å². The van der Waals surface area contributed by atoms with Gasteiger partial charge in [0, 0.05) is 10.0 Å². The Bertz CT molecular complexity index is 774. The molecule has 1 amide bonds. The Morgan fingerprint density at radius 1 is 1.35 bits per heavy atom. The number of nitrogens with two attached hydrogens (primary N) is 1. The summed E-state index contributed by atoms with van der Waals surface area (Å²) in [7, 11) is -3.78. The van der Waals surface area contributed by atoms with Gasteiger partial charge in [-0.25, -0.2) is 8.42 Å². The van der Waals surface area contributed by atoms with Crippen LogP contribution in [0.15, 0.2) is 38.3 Å². The molecule has 0 fully saturated rings. The Kier molecular flexibility index (Phi) is 4.38. The summed E-state index contributed by atoms with van der Waals surface area (Å²) >= 11 is 10.1. The molecule has 0 bridgehead atoms. The second-order valence-electron chi connectivity index (χ2n) is 3.72. The summed E-state index contributed by atoms with van der Waals surface area (Å²) in [5.74, 6) is -0.667. The molecular weight excluding hydrogens is 388 g/mol. The number of sulfonamides is 1. The predicted molar refractivity (Wildman–Crippen MR) is 82.8 cm³/mol. The van der Waals surface area contributed by atoms with Gasteiger partial charge in [-0.1, -0.05) is 11.6 Å². The Labute approximate surface area is 132 Å². The molecule has 2 rings (SSSR count). The maximum Gasteiger partial charge on any atom is 0.272 e. The topological polar surface area (TPSA) is 89.3 Å². The standard InChI is InChI=1S/C11H8BrClN2O3S2/c12-7-3-4-19-11(7)20(17,18)15-9-5-6(10(14)16)1-2-8(9)13/h1-5,15H,(H2,14,16). The number of hydrogen-bond acceptors (Lipinski definition) is 4. The minimum Gasteiger partial charge on any atom is -0.366 e. The lowest BCUT2D eigenvalue weighted by Gasteiger charge is -2.09. The number of benzene rings is 1. The first kappa shape index (κ1) is 15.3. The van der Waals surface area contributed by atoms with Gasteiger partial charge in [0.15, 0.2) is 4.21 Å². The maximum atomic E-state index is 12.2. The molecule has 0 unspecified atom stereocenters. The second kappa shape index (κ2) is 5.72. The van der Waals surface area contributed by atoms with Crippen molar-refractivity contribution in [2.75, 3.05) is 4.72 Å². The van der Waals surface area contributed by atoms with E-state index in [0.717, 1.165) is 11.3 Å². The summed E-state index contributed by atoms with van der Waals surface area (Å²) < 4.78 is 27.3. The third-order valence-electron chi connectivity index (χ3n) is 2.32. The van der Waals surface area contributed by atoms with Gasteiger partial charge in [-0.15, -0.1) is 11.3 Å². The average Bonchev–Trinajstić information content (AvgIpc) is 2.78. The summed E-state index contributed by atoms with van der Waals surface area (Å²) in [5, 5.41) is 1.81. The number of primary amides is 1. The van der Waals surface area contributed by atoms with Crippen LogP contribution in [0.25, 0.3) is 0 Å². The van der Waals surface area contributed by atoms with Crippen LogP contribution in [0.5, 0.6) is 0 Å². The third kappa shape index (κ3) is 3.14. The lowest BCUT2D eigenvalue weighted by molar-refractivity contribution is 0.100. The summed E-state index contributed by atoms with van der Waals surface area (Å²) in [4.78, 5) is 11.1. The van der Waals surface area contributed by atoms with E-state index in [1.165, 1.54) is 18.2 Å². The van der Waals surface area contributed by atoms with Crippen LogP contribution in [0.3, 0.4) is 0 Å². The first-order valence-electron chi connectivity index (χ1n) is 5.16. The normalized spacial score (nSPS) is 11.3. The Morgan fingerprint density at radius 3 is 2.60 bits per heavy atom. The van der Waals surface area contributed by atoms with Gasteiger partial charge in [-0.3, -0.25) is 9.52 Å². The highest BCUT2D eigenvalue weighted by atomic mass is 79.9. The van der Waals surface area contributed by atoms with Gasteiger partial charge >= 0.3 is 0 Å². The highest BCUT2D eigenvalue weighted by Crippen LogP contribution is 2.31. The highest BCUT2D eigenvalue weighted by molar-refractivity contribution is 9.10. The minimum absolute atomic E-state index is 0.100. The van der Waals surface area contributed by atoms with Crippen LogP contribution < -0.4 is 10.5 Å². The number of carbonyl (C=O) groups excluding carboxylic acids is 1. The van der Waals surface area contributed by atoms with Crippen molar-refractivity contribution in [3.8, 4) is 0 Å². The number of carbonyl (C=O) groups is 1. The molecule has 0 atom stereocenters. The fraction of sp³-hybridized carbons (Fsp3) is 0. The van der Waals surface area contributed by atoms with E-state index in [1.807, 2.05) is 0 Å². The smallest absolute Gasteiger partial charge is 0.272 e. The van der Waals surface area contributed by atoms with Crippen molar-refractivity contribution in [1.29, 1.82) is 0 Å². The summed E-state index contributed by atoms with van der Waals surface area (Å²) in [6.45, 7) is 0. The molecule has 9 heteroatoms. The van der Waals surface area contributed by atoms with Crippen LogP contribution in [0.4, 0.5) is 5.69 Å². The lowest BCUT2D eigenvalue weighted by atomic mass is 10.2. The molecule has 1 heterocycles. The predicted octanol–water partition coefficient (Wildman–Crippen LogP) is 3.06. The van der Waals surface area contributed by atoms with E-state index in [2.05, 4.69) is 20.7 Å². The number of rotatable bonds is 4. The second-order valence-corrected chi connectivity index (χ2v) is 7.78. The molecule has 0 aliphatic carbocycles. The maximum absolute atomic E-state index is 12.2. The molecule has 0 saturated heterocycles. The zero-order valence-corrected chi connectivity index (χ0v) is 13.7. The molecule has 1 aromatic heterocycles. The van der Waals surface area contributed by atoms with Crippen molar-refractivity contribution >= 4 is 60.5 Å². The van der Waals surface area contributed by atoms with Gasteiger partial charge in [0.25, 0.3) is 10.0 Å². The molecule has 5 nitrogen and oxygen atoms in total. The Hall–Kier alpha value is -1.09. The van der Waals surface area contributed by atoms with Crippen LogP contribution in [0, 0.1) is 0 Å². The van der Waals surface area contributed by atoms with Gasteiger partial charge in [0.2, 0.25) is 5.91 Å².